The second-order valence-electron chi connectivity index (χ2n) is 6.71. The maximum absolute atomic E-state index is 13.1. The van der Waals surface area contributed by atoms with E-state index in [0.717, 1.165) is 21.3 Å². The van der Waals surface area contributed by atoms with E-state index in [0.29, 0.717) is 5.56 Å². The third kappa shape index (κ3) is 4.76. The molecule has 26 heavy (non-hydrogen) atoms. The highest BCUT2D eigenvalue weighted by Gasteiger charge is 2.22. The van der Waals surface area contributed by atoms with Crippen molar-refractivity contribution in [3.05, 3.63) is 63.6 Å². The molecule has 0 fully saturated rings. The average Bonchev–Trinajstić information content (AvgIpc) is 2.60. The van der Waals surface area contributed by atoms with E-state index < -0.39 is 0 Å². The van der Waals surface area contributed by atoms with Crippen LogP contribution < -0.4 is 4.74 Å². The molecule has 0 aromatic heterocycles. The number of rotatable bonds is 6. The third-order valence-corrected chi connectivity index (χ3v) is 4.91. The maximum atomic E-state index is 13.1. The lowest BCUT2D eigenvalue weighted by molar-refractivity contribution is 0.0643. The first-order valence-electron chi connectivity index (χ1n) is 8.78. The van der Waals surface area contributed by atoms with Gasteiger partial charge in [-0.15, -0.1) is 0 Å². The number of carbonyl (C=O) groups excluding carboxylic acids is 1. The lowest BCUT2D eigenvalue weighted by Gasteiger charge is -2.31. The van der Waals surface area contributed by atoms with Gasteiger partial charge in [-0.25, -0.2) is 0 Å². The Bertz CT molecular complexity index is 788. The second-order valence-corrected chi connectivity index (χ2v) is 7.56. The number of halogens is 1. The molecular weight excluding hydrogens is 390 g/mol. The van der Waals surface area contributed by atoms with E-state index in [1.54, 1.807) is 7.11 Å². The summed E-state index contributed by atoms with van der Waals surface area (Å²) in [5, 5.41) is 0. The van der Waals surface area contributed by atoms with E-state index in [4.69, 9.17) is 4.74 Å². The number of ether oxygens (including phenoxy) is 1. The first-order chi connectivity index (χ1) is 12.3. The van der Waals surface area contributed by atoms with Crippen molar-refractivity contribution in [2.24, 2.45) is 0 Å². The van der Waals surface area contributed by atoms with E-state index in [2.05, 4.69) is 15.9 Å². The predicted octanol–water partition coefficient (Wildman–Crippen LogP) is 5.89. The lowest BCUT2D eigenvalue weighted by atomic mass is 10.0. The van der Waals surface area contributed by atoms with Gasteiger partial charge in [-0.2, -0.15) is 0 Å². The zero-order valence-corrected chi connectivity index (χ0v) is 17.6. The Morgan fingerprint density at radius 3 is 2.23 bits per heavy atom. The van der Waals surface area contributed by atoms with Crippen LogP contribution in [0.3, 0.4) is 0 Å². The van der Waals surface area contributed by atoms with E-state index in [-0.39, 0.29) is 18.0 Å². The summed E-state index contributed by atoms with van der Waals surface area (Å²) in [7, 11) is 1.65. The summed E-state index contributed by atoms with van der Waals surface area (Å²) < 4.78 is 6.27. The summed E-state index contributed by atoms with van der Waals surface area (Å²) in [6.07, 6.45) is 3.97. The first-order valence-corrected chi connectivity index (χ1v) is 9.57. The van der Waals surface area contributed by atoms with Gasteiger partial charge in [-0.1, -0.05) is 46.3 Å². The molecule has 138 valence electrons. The van der Waals surface area contributed by atoms with Gasteiger partial charge >= 0.3 is 0 Å². The highest BCUT2D eigenvalue weighted by Crippen LogP contribution is 2.25. The molecule has 0 bridgehead atoms. The van der Waals surface area contributed by atoms with Crippen molar-refractivity contribution in [2.45, 2.75) is 39.8 Å². The van der Waals surface area contributed by atoms with Gasteiger partial charge in [0.15, 0.2) is 0 Å². The van der Waals surface area contributed by atoms with Gasteiger partial charge in [-0.05, 0) is 63.1 Å². The van der Waals surface area contributed by atoms with Crippen LogP contribution in [0.5, 0.6) is 5.75 Å². The van der Waals surface area contributed by atoms with Crippen molar-refractivity contribution >= 4 is 34.0 Å². The summed E-state index contributed by atoms with van der Waals surface area (Å²) in [6, 6.07) is 13.8. The molecule has 0 saturated carbocycles. The van der Waals surface area contributed by atoms with Crippen molar-refractivity contribution < 1.29 is 9.53 Å². The molecular formula is C22H26BrNO2. The molecule has 0 spiro atoms. The lowest BCUT2D eigenvalue weighted by Crippen LogP contribution is -2.42. The minimum absolute atomic E-state index is 0.0555. The molecule has 4 heteroatoms. The van der Waals surface area contributed by atoms with Gasteiger partial charge in [0.1, 0.15) is 5.75 Å². The molecule has 0 aliphatic carbocycles. The van der Waals surface area contributed by atoms with E-state index in [9.17, 15) is 4.79 Å². The normalized spacial score (nSPS) is 11.4. The standard InChI is InChI=1S/C22H26BrNO2/c1-15(2)24(16(3)4)22(25)20-9-7-6-8-17(20)10-11-18-14-19(26-5)12-13-21(18)23/h6-16H,1-5H3/b11-10+. The number of hydrogen-bond acceptors (Lipinski definition) is 2. The predicted molar refractivity (Wildman–Crippen MR) is 113 cm³/mol. The van der Waals surface area contributed by atoms with Crippen LogP contribution in [0.15, 0.2) is 46.9 Å². The maximum Gasteiger partial charge on any atom is 0.254 e. The van der Waals surface area contributed by atoms with Crippen molar-refractivity contribution in [3.8, 4) is 5.75 Å². The van der Waals surface area contributed by atoms with Gasteiger partial charge in [0.2, 0.25) is 0 Å². The van der Waals surface area contributed by atoms with Crippen LogP contribution >= 0.6 is 15.9 Å². The first kappa shape index (κ1) is 20.2. The molecule has 0 saturated heterocycles. The van der Waals surface area contributed by atoms with E-state index in [1.807, 2.05) is 87.2 Å². The zero-order valence-electron chi connectivity index (χ0n) is 16.0. The quantitative estimate of drug-likeness (QED) is 0.550. The molecule has 2 aromatic carbocycles. The number of benzene rings is 2. The fourth-order valence-electron chi connectivity index (χ4n) is 3.00. The van der Waals surface area contributed by atoms with Crippen molar-refractivity contribution in [1.29, 1.82) is 0 Å². The number of methoxy groups -OCH3 is 1. The number of hydrogen-bond donors (Lipinski definition) is 0. The molecule has 0 aliphatic rings. The van der Waals surface area contributed by atoms with Gasteiger partial charge in [0, 0.05) is 22.1 Å². The number of amides is 1. The summed E-state index contributed by atoms with van der Waals surface area (Å²) in [4.78, 5) is 15.0. The summed E-state index contributed by atoms with van der Waals surface area (Å²) in [5.74, 6) is 0.850. The molecule has 0 N–H and O–H groups in total. The fourth-order valence-corrected chi connectivity index (χ4v) is 3.38. The molecule has 2 aromatic rings. The highest BCUT2D eigenvalue weighted by molar-refractivity contribution is 9.10. The Morgan fingerprint density at radius 2 is 1.62 bits per heavy atom. The van der Waals surface area contributed by atoms with Crippen LogP contribution in [0.25, 0.3) is 12.2 Å². The van der Waals surface area contributed by atoms with E-state index >= 15 is 0 Å². The Labute approximate surface area is 164 Å². The van der Waals surface area contributed by atoms with Crippen LogP contribution in [0, 0.1) is 0 Å². The van der Waals surface area contributed by atoms with Crippen LogP contribution in [0.4, 0.5) is 0 Å². The van der Waals surface area contributed by atoms with Crippen LogP contribution in [0.1, 0.15) is 49.2 Å². The molecule has 0 unspecified atom stereocenters. The monoisotopic (exact) mass is 415 g/mol. The van der Waals surface area contributed by atoms with Gasteiger partial charge in [-0.3, -0.25) is 4.79 Å². The summed E-state index contributed by atoms with van der Waals surface area (Å²) in [6.45, 7) is 8.18. The minimum Gasteiger partial charge on any atom is -0.497 e. The Balaban J connectivity index is 2.39. The van der Waals surface area contributed by atoms with Crippen LogP contribution in [-0.4, -0.2) is 30.0 Å². The van der Waals surface area contributed by atoms with Crippen molar-refractivity contribution in [1.82, 2.24) is 4.90 Å². The molecule has 0 atom stereocenters. The average molecular weight is 416 g/mol. The van der Waals surface area contributed by atoms with Gasteiger partial charge < -0.3 is 9.64 Å². The minimum atomic E-state index is 0.0555. The fraction of sp³-hybridized carbons (Fsp3) is 0.318. The van der Waals surface area contributed by atoms with Gasteiger partial charge in [0.05, 0.1) is 7.11 Å². The number of nitrogens with zero attached hydrogens (tertiary/aromatic N) is 1. The van der Waals surface area contributed by atoms with Gasteiger partial charge in [0.25, 0.3) is 5.91 Å². The molecule has 2 rings (SSSR count). The molecule has 0 radical (unpaired) electrons. The Kier molecular flexibility index (Phi) is 7.04. The van der Waals surface area contributed by atoms with Crippen molar-refractivity contribution in [2.75, 3.05) is 7.11 Å². The topological polar surface area (TPSA) is 29.5 Å². The summed E-state index contributed by atoms with van der Waals surface area (Å²) in [5.41, 5.74) is 2.61. The molecule has 0 aliphatic heterocycles. The van der Waals surface area contributed by atoms with Crippen LogP contribution in [0.2, 0.25) is 0 Å². The van der Waals surface area contributed by atoms with Crippen LogP contribution in [-0.2, 0) is 0 Å². The third-order valence-electron chi connectivity index (χ3n) is 4.18. The largest absolute Gasteiger partial charge is 0.497 e. The van der Waals surface area contributed by atoms with Crippen molar-refractivity contribution in [3.63, 3.8) is 0 Å². The summed E-state index contributed by atoms with van der Waals surface area (Å²) >= 11 is 3.56. The highest BCUT2D eigenvalue weighted by atomic mass is 79.9. The smallest absolute Gasteiger partial charge is 0.254 e. The number of carbonyl (C=O) groups is 1. The molecule has 1 amide bonds. The molecule has 0 heterocycles. The molecule has 3 nitrogen and oxygen atoms in total. The SMILES string of the molecule is COc1ccc(Br)c(/C=C/c2ccccc2C(=O)N(C(C)C)C(C)C)c1. The Hall–Kier alpha value is -2.07. The second kappa shape index (κ2) is 9.04. The zero-order chi connectivity index (χ0) is 19.3. The van der Waals surface area contributed by atoms with E-state index in [1.165, 1.54) is 0 Å². The Morgan fingerprint density at radius 1 is 1.00 bits per heavy atom.